The van der Waals surface area contributed by atoms with Crippen LogP contribution < -0.4 is 10.5 Å². The molecule has 0 spiro atoms. The van der Waals surface area contributed by atoms with E-state index in [0.29, 0.717) is 12.2 Å². The quantitative estimate of drug-likeness (QED) is 0.909. The van der Waals surface area contributed by atoms with Crippen molar-refractivity contribution in [2.45, 2.75) is 33.2 Å². The molecule has 0 saturated heterocycles. The molecule has 1 unspecified atom stereocenters. The summed E-state index contributed by atoms with van der Waals surface area (Å²) in [6.07, 6.45) is 0.699. The lowest BCUT2D eigenvalue weighted by Crippen LogP contribution is -2.18. The lowest BCUT2D eigenvalue weighted by molar-refractivity contribution is 0.436. The molecule has 0 saturated carbocycles. The Bertz CT molecular complexity index is 608. The van der Waals surface area contributed by atoms with Crippen LogP contribution >= 0.6 is 0 Å². The summed E-state index contributed by atoms with van der Waals surface area (Å²) in [5.74, 6) is 0.556. The van der Waals surface area contributed by atoms with Gasteiger partial charge in [-0.25, -0.2) is 4.39 Å². The highest BCUT2D eigenvalue weighted by Gasteiger charge is 2.10. The summed E-state index contributed by atoms with van der Waals surface area (Å²) in [6.45, 7) is 5.87. The smallest absolute Gasteiger partial charge is 0.165 e. The molecule has 0 aliphatic carbocycles. The van der Waals surface area contributed by atoms with E-state index >= 15 is 0 Å². The molecule has 0 fully saturated rings. The molecule has 2 rings (SSSR count). The van der Waals surface area contributed by atoms with Gasteiger partial charge in [-0.3, -0.25) is 0 Å². The first-order chi connectivity index (χ1) is 9.45. The Kier molecular flexibility index (Phi) is 4.40. The van der Waals surface area contributed by atoms with Crippen molar-refractivity contribution in [1.82, 2.24) is 0 Å². The number of benzene rings is 2. The molecule has 2 aromatic rings. The maximum atomic E-state index is 13.8. The third-order valence-corrected chi connectivity index (χ3v) is 3.06. The van der Waals surface area contributed by atoms with Gasteiger partial charge in [0.05, 0.1) is 0 Å². The first-order valence-electron chi connectivity index (χ1n) is 6.75. The summed E-state index contributed by atoms with van der Waals surface area (Å²) in [5, 5.41) is 0. The largest absolute Gasteiger partial charge is 0.454 e. The lowest BCUT2D eigenvalue weighted by Gasteiger charge is -2.14. The molecule has 20 heavy (non-hydrogen) atoms. The minimum Gasteiger partial charge on any atom is -0.454 e. The highest BCUT2D eigenvalue weighted by Crippen LogP contribution is 2.29. The Morgan fingerprint density at radius 3 is 2.40 bits per heavy atom. The summed E-state index contributed by atoms with van der Waals surface area (Å²) in [4.78, 5) is 0. The first kappa shape index (κ1) is 14.5. The molecule has 2 nitrogen and oxygen atoms in total. The molecule has 1 atom stereocenters. The van der Waals surface area contributed by atoms with Crippen LogP contribution in [-0.2, 0) is 6.42 Å². The van der Waals surface area contributed by atoms with Gasteiger partial charge in [-0.1, -0.05) is 23.8 Å². The summed E-state index contributed by atoms with van der Waals surface area (Å²) in [6, 6.07) is 10.7. The van der Waals surface area contributed by atoms with Gasteiger partial charge in [0.2, 0.25) is 0 Å². The van der Waals surface area contributed by atoms with Crippen molar-refractivity contribution in [1.29, 1.82) is 0 Å². The molecule has 2 aromatic carbocycles. The number of aryl methyl sites for hydroxylation is 2. The topological polar surface area (TPSA) is 35.2 Å². The second kappa shape index (κ2) is 6.06. The minimum atomic E-state index is -0.358. The van der Waals surface area contributed by atoms with Crippen LogP contribution in [0.1, 0.15) is 23.6 Å². The monoisotopic (exact) mass is 273 g/mol. The van der Waals surface area contributed by atoms with Crippen molar-refractivity contribution < 1.29 is 9.13 Å². The minimum absolute atomic E-state index is 0.0292. The number of ether oxygens (including phenoxy) is 1. The molecule has 0 aliphatic rings. The van der Waals surface area contributed by atoms with E-state index in [0.717, 1.165) is 16.7 Å². The fourth-order valence-electron chi connectivity index (χ4n) is 2.12. The van der Waals surface area contributed by atoms with Gasteiger partial charge in [0.15, 0.2) is 11.6 Å². The third-order valence-electron chi connectivity index (χ3n) is 3.06. The molecule has 0 bridgehead atoms. The van der Waals surface area contributed by atoms with Crippen molar-refractivity contribution in [3.05, 3.63) is 58.9 Å². The summed E-state index contributed by atoms with van der Waals surface area (Å²) < 4.78 is 19.5. The van der Waals surface area contributed by atoms with Crippen molar-refractivity contribution in [3.8, 4) is 11.5 Å². The molecule has 3 heteroatoms. The molecule has 0 radical (unpaired) electrons. The van der Waals surface area contributed by atoms with Crippen molar-refractivity contribution in [2.75, 3.05) is 0 Å². The average molecular weight is 273 g/mol. The highest BCUT2D eigenvalue weighted by molar-refractivity contribution is 5.41. The van der Waals surface area contributed by atoms with Crippen molar-refractivity contribution in [3.63, 3.8) is 0 Å². The Labute approximate surface area is 119 Å². The average Bonchev–Trinajstić information content (AvgIpc) is 2.36. The van der Waals surface area contributed by atoms with Gasteiger partial charge in [0, 0.05) is 6.04 Å². The van der Waals surface area contributed by atoms with Gasteiger partial charge in [-0.15, -0.1) is 0 Å². The van der Waals surface area contributed by atoms with Crippen LogP contribution in [0.4, 0.5) is 4.39 Å². The fraction of sp³-hybridized carbons (Fsp3) is 0.294. The van der Waals surface area contributed by atoms with Gasteiger partial charge < -0.3 is 10.5 Å². The van der Waals surface area contributed by atoms with Crippen molar-refractivity contribution >= 4 is 0 Å². The van der Waals surface area contributed by atoms with Crippen LogP contribution in [-0.4, -0.2) is 6.04 Å². The number of halogens is 1. The van der Waals surface area contributed by atoms with Gasteiger partial charge in [-0.2, -0.15) is 0 Å². The highest BCUT2D eigenvalue weighted by atomic mass is 19.1. The van der Waals surface area contributed by atoms with Gasteiger partial charge >= 0.3 is 0 Å². The summed E-state index contributed by atoms with van der Waals surface area (Å²) in [7, 11) is 0. The fourth-order valence-corrected chi connectivity index (χ4v) is 2.12. The summed E-state index contributed by atoms with van der Waals surface area (Å²) >= 11 is 0. The van der Waals surface area contributed by atoms with Crippen LogP contribution in [0.5, 0.6) is 11.5 Å². The normalized spacial score (nSPS) is 12.2. The standard InChI is InChI=1S/C17H20FNO/c1-11-5-7-16(14(8-11)10-13(3)19)20-17-9-12(2)4-6-15(17)18/h4-9,13H,10,19H2,1-3H3. The van der Waals surface area contributed by atoms with E-state index in [4.69, 9.17) is 10.5 Å². The van der Waals surface area contributed by atoms with Gasteiger partial charge in [-0.05, 0) is 56.5 Å². The van der Waals surface area contributed by atoms with E-state index in [1.807, 2.05) is 39.0 Å². The molecule has 0 heterocycles. The van der Waals surface area contributed by atoms with E-state index in [9.17, 15) is 4.39 Å². The van der Waals surface area contributed by atoms with E-state index < -0.39 is 0 Å². The first-order valence-corrected chi connectivity index (χ1v) is 6.75. The Hall–Kier alpha value is -1.87. The zero-order valence-electron chi connectivity index (χ0n) is 12.1. The van der Waals surface area contributed by atoms with E-state index in [2.05, 4.69) is 0 Å². The maximum Gasteiger partial charge on any atom is 0.165 e. The number of hydrogen-bond donors (Lipinski definition) is 1. The third kappa shape index (κ3) is 3.58. The van der Waals surface area contributed by atoms with E-state index in [-0.39, 0.29) is 17.6 Å². The molecule has 2 N–H and O–H groups in total. The number of nitrogens with two attached hydrogens (primary N) is 1. The molecule has 0 amide bonds. The predicted octanol–water partition coefficient (Wildman–Crippen LogP) is 4.12. The number of hydrogen-bond acceptors (Lipinski definition) is 2. The zero-order valence-corrected chi connectivity index (χ0v) is 12.1. The van der Waals surface area contributed by atoms with E-state index in [1.54, 1.807) is 12.1 Å². The van der Waals surface area contributed by atoms with Gasteiger partial charge in [0.1, 0.15) is 5.75 Å². The van der Waals surface area contributed by atoms with E-state index in [1.165, 1.54) is 6.07 Å². The zero-order chi connectivity index (χ0) is 14.7. The van der Waals surface area contributed by atoms with Crippen LogP contribution in [0.15, 0.2) is 36.4 Å². The molecule has 0 aliphatic heterocycles. The number of rotatable bonds is 4. The van der Waals surface area contributed by atoms with Crippen LogP contribution in [0, 0.1) is 19.7 Å². The second-order valence-electron chi connectivity index (χ2n) is 5.33. The molecular weight excluding hydrogens is 253 g/mol. The van der Waals surface area contributed by atoms with Crippen LogP contribution in [0.25, 0.3) is 0 Å². The predicted molar refractivity (Wildman–Crippen MR) is 79.7 cm³/mol. The van der Waals surface area contributed by atoms with Crippen LogP contribution in [0.2, 0.25) is 0 Å². The van der Waals surface area contributed by atoms with Crippen molar-refractivity contribution in [2.24, 2.45) is 5.73 Å². The molecule has 0 aromatic heterocycles. The van der Waals surface area contributed by atoms with Crippen LogP contribution in [0.3, 0.4) is 0 Å². The Morgan fingerprint density at radius 1 is 1.05 bits per heavy atom. The molecule has 106 valence electrons. The second-order valence-corrected chi connectivity index (χ2v) is 5.33. The Balaban J connectivity index is 2.35. The SMILES string of the molecule is Cc1ccc(Oc2cc(C)ccc2F)c(CC(C)N)c1. The lowest BCUT2D eigenvalue weighted by atomic mass is 10.0. The summed E-state index contributed by atoms with van der Waals surface area (Å²) in [5.41, 5.74) is 8.96. The van der Waals surface area contributed by atoms with Gasteiger partial charge in [0.25, 0.3) is 0 Å². The molecular formula is C17H20FNO. The Morgan fingerprint density at radius 2 is 1.70 bits per heavy atom. The maximum absolute atomic E-state index is 13.8.